The smallest absolute Gasteiger partial charge is 0.265 e. The molecule has 0 saturated carbocycles. The molecule has 2 rings (SSSR count). The summed E-state index contributed by atoms with van der Waals surface area (Å²) < 4.78 is 5.16. The number of carbonyl (C=O) groups excluding carboxylic acids is 1. The molecule has 1 aromatic carbocycles. The van der Waals surface area contributed by atoms with Gasteiger partial charge < -0.3 is 14.9 Å². The molecule has 0 radical (unpaired) electrons. The van der Waals surface area contributed by atoms with Gasteiger partial charge in [-0.2, -0.15) is 0 Å². The fourth-order valence-electron chi connectivity index (χ4n) is 1.65. The zero-order valence-corrected chi connectivity index (χ0v) is 12.6. The number of ether oxygens (including phenoxy) is 1. The van der Waals surface area contributed by atoms with Gasteiger partial charge >= 0.3 is 0 Å². The summed E-state index contributed by atoms with van der Waals surface area (Å²) in [6.07, 6.45) is 0. The van der Waals surface area contributed by atoms with Crippen LogP contribution < -0.4 is 10.1 Å². The van der Waals surface area contributed by atoms with E-state index < -0.39 is 0 Å². The van der Waals surface area contributed by atoms with E-state index in [4.69, 9.17) is 9.57 Å². The van der Waals surface area contributed by atoms with E-state index in [1.807, 2.05) is 36.6 Å². The Bertz CT molecular complexity index is 624. The molecule has 5 nitrogen and oxygen atoms in total. The molecule has 0 fully saturated rings. The maximum Gasteiger partial charge on any atom is 0.265 e. The van der Waals surface area contributed by atoms with Crippen LogP contribution in [0.5, 0.6) is 5.75 Å². The molecule has 0 saturated heterocycles. The van der Waals surface area contributed by atoms with E-state index in [2.05, 4.69) is 10.5 Å². The Kier molecular flexibility index (Phi) is 5.34. The topological polar surface area (TPSA) is 59.9 Å². The molecule has 2 aromatic rings. The lowest BCUT2D eigenvalue weighted by atomic mass is 10.3. The zero-order chi connectivity index (χ0) is 15.1. The van der Waals surface area contributed by atoms with Crippen LogP contribution in [0.15, 0.2) is 46.9 Å². The summed E-state index contributed by atoms with van der Waals surface area (Å²) in [4.78, 5) is 17.9. The minimum absolute atomic E-state index is 0.152. The largest absolute Gasteiger partial charge is 0.495 e. The Morgan fingerprint density at radius 2 is 2.10 bits per heavy atom. The second-order valence-electron chi connectivity index (χ2n) is 4.18. The number of amides is 1. The molecule has 1 N–H and O–H groups in total. The molecule has 0 aliphatic rings. The molecule has 0 aliphatic carbocycles. The Morgan fingerprint density at radius 1 is 1.29 bits per heavy atom. The van der Waals surface area contributed by atoms with Gasteiger partial charge in [0, 0.05) is 0 Å². The maximum absolute atomic E-state index is 11.8. The molecule has 1 heterocycles. The number of carbonyl (C=O) groups is 1. The van der Waals surface area contributed by atoms with Gasteiger partial charge in [-0.25, -0.2) is 0 Å². The highest BCUT2D eigenvalue weighted by Gasteiger charge is 2.07. The van der Waals surface area contributed by atoms with Crippen LogP contribution in [0.1, 0.15) is 11.8 Å². The van der Waals surface area contributed by atoms with Gasteiger partial charge in [0.25, 0.3) is 5.91 Å². The van der Waals surface area contributed by atoms with Crippen molar-refractivity contribution in [1.29, 1.82) is 0 Å². The van der Waals surface area contributed by atoms with Crippen molar-refractivity contribution in [2.75, 3.05) is 19.0 Å². The molecule has 0 aliphatic heterocycles. The molecule has 21 heavy (non-hydrogen) atoms. The van der Waals surface area contributed by atoms with Crippen LogP contribution in [0.2, 0.25) is 0 Å². The average Bonchev–Trinajstić information content (AvgIpc) is 3.02. The molecule has 1 aromatic heterocycles. The number of methoxy groups -OCH3 is 1. The molecular formula is C15H16N2O3S. The third kappa shape index (κ3) is 4.32. The second-order valence-corrected chi connectivity index (χ2v) is 5.12. The van der Waals surface area contributed by atoms with Crippen LogP contribution in [-0.2, 0) is 9.63 Å². The van der Waals surface area contributed by atoms with Crippen LogP contribution in [0.4, 0.5) is 5.69 Å². The monoisotopic (exact) mass is 304 g/mol. The van der Waals surface area contributed by atoms with Crippen molar-refractivity contribution in [2.24, 2.45) is 5.16 Å². The van der Waals surface area contributed by atoms with Crippen LogP contribution >= 0.6 is 11.3 Å². The number of anilines is 1. The minimum atomic E-state index is -0.290. The summed E-state index contributed by atoms with van der Waals surface area (Å²) >= 11 is 1.57. The van der Waals surface area contributed by atoms with Crippen molar-refractivity contribution in [1.82, 2.24) is 0 Å². The van der Waals surface area contributed by atoms with Gasteiger partial charge in [0.1, 0.15) is 5.75 Å². The molecule has 110 valence electrons. The van der Waals surface area contributed by atoms with Gasteiger partial charge in [-0.3, -0.25) is 4.79 Å². The van der Waals surface area contributed by atoms with Gasteiger partial charge in [-0.15, -0.1) is 11.3 Å². The lowest BCUT2D eigenvalue weighted by Gasteiger charge is -2.09. The van der Waals surface area contributed by atoms with Gasteiger partial charge in [-0.05, 0) is 30.5 Å². The van der Waals surface area contributed by atoms with E-state index in [1.54, 1.807) is 30.6 Å². The van der Waals surface area contributed by atoms with Crippen molar-refractivity contribution in [2.45, 2.75) is 6.92 Å². The van der Waals surface area contributed by atoms with Gasteiger partial charge in [-0.1, -0.05) is 23.4 Å². The van der Waals surface area contributed by atoms with Gasteiger partial charge in [0.2, 0.25) is 0 Å². The summed E-state index contributed by atoms with van der Waals surface area (Å²) in [5.74, 6) is 0.311. The number of hydrogen-bond donors (Lipinski definition) is 1. The van der Waals surface area contributed by atoms with Crippen LogP contribution in [0.25, 0.3) is 0 Å². The number of nitrogens with one attached hydrogen (secondary N) is 1. The fraction of sp³-hybridized carbons (Fsp3) is 0.200. The number of oxime groups is 1. The van der Waals surface area contributed by atoms with E-state index in [0.29, 0.717) is 11.4 Å². The molecule has 0 bridgehead atoms. The fourth-order valence-corrected chi connectivity index (χ4v) is 2.32. The van der Waals surface area contributed by atoms with Gasteiger partial charge in [0.05, 0.1) is 23.4 Å². The summed E-state index contributed by atoms with van der Waals surface area (Å²) in [6.45, 7) is 1.69. The number of para-hydroxylation sites is 2. The van der Waals surface area contributed by atoms with Crippen molar-refractivity contribution in [3.63, 3.8) is 0 Å². The third-order valence-corrected chi connectivity index (χ3v) is 3.63. The number of hydrogen-bond acceptors (Lipinski definition) is 5. The normalized spacial score (nSPS) is 11.0. The molecule has 0 unspecified atom stereocenters. The maximum atomic E-state index is 11.8. The predicted octanol–water partition coefficient (Wildman–Crippen LogP) is 3.14. The Hall–Kier alpha value is -2.34. The first kappa shape index (κ1) is 15.1. The van der Waals surface area contributed by atoms with Crippen LogP contribution in [0.3, 0.4) is 0 Å². The highest BCUT2D eigenvalue weighted by molar-refractivity contribution is 7.12. The first-order valence-electron chi connectivity index (χ1n) is 6.34. The van der Waals surface area contributed by atoms with Crippen molar-refractivity contribution >= 4 is 28.6 Å². The first-order chi connectivity index (χ1) is 10.2. The Labute approximate surface area is 127 Å². The van der Waals surface area contributed by atoms with E-state index >= 15 is 0 Å². The number of nitrogens with zero attached hydrogens (tertiary/aromatic N) is 1. The highest BCUT2D eigenvalue weighted by atomic mass is 32.1. The molecule has 6 heteroatoms. The second kappa shape index (κ2) is 7.44. The highest BCUT2D eigenvalue weighted by Crippen LogP contribution is 2.22. The number of thiophene rings is 1. The number of rotatable bonds is 6. The van der Waals surface area contributed by atoms with Crippen molar-refractivity contribution in [3.8, 4) is 5.75 Å². The quantitative estimate of drug-likeness (QED) is 0.659. The zero-order valence-electron chi connectivity index (χ0n) is 11.8. The average molecular weight is 304 g/mol. The molecule has 0 atom stereocenters. The molecular weight excluding hydrogens is 288 g/mol. The number of benzene rings is 1. The summed E-state index contributed by atoms with van der Waals surface area (Å²) in [5, 5.41) is 8.60. The van der Waals surface area contributed by atoms with E-state index in [0.717, 1.165) is 10.6 Å². The summed E-state index contributed by atoms with van der Waals surface area (Å²) in [5.41, 5.74) is 1.35. The molecule has 1 amide bonds. The van der Waals surface area contributed by atoms with Crippen LogP contribution in [0, 0.1) is 0 Å². The Balaban J connectivity index is 1.86. The SMILES string of the molecule is COc1ccccc1NC(=O)CO/N=C(/C)c1cccs1. The van der Waals surface area contributed by atoms with E-state index in [9.17, 15) is 4.79 Å². The summed E-state index contributed by atoms with van der Waals surface area (Å²) in [6, 6.07) is 11.1. The first-order valence-corrected chi connectivity index (χ1v) is 7.22. The van der Waals surface area contributed by atoms with Crippen LogP contribution in [-0.4, -0.2) is 25.3 Å². The lowest BCUT2D eigenvalue weighted by Crippen LogP contribution is -2.17. The molecule has 0 spiro atoms. The van der Waals surface area contributed by atoms with E-state index in [-0.39, 0.29) is 12.5 Å². The van der Waals surface area contributed by atoms with E-state index in [1.165, 1.54) is 0 Å². The summed E-state index contributed by atoms with van der Waals surface area (Å²) in [7, 11) is 1.55. The Morgan fingerprint density at radius 3 is 2.81 bits per heavy atom. The van der Waals surface area contributed by atoms with Crippen molar-refractivity contribution < 1.29 is 14.4 Å². The third-order valence-electron chi connectivity index (χ3n) is 2.66. The predicted molar refractivity (Wildman–Crippen MR) is 84.1 cm³/mol. The van der Waals surface area contributed by atoms with Crippen molar-refractivity contribution in [3.05, 3.63) is 46.7 Å². The van der Waals surface area contributed by atoms with Gasteiger partial charge in [0.15, 0.2) is 6.61 Å². The minimum Gasteiger partial charge on any atom is -0.495 e. The standard InChI is InChI=1S/C15H16N2O3S/c1-11(14-8-5-9-21-14)17-20-10-15(18)16-12-6-3-4-7-13(12)19-2/h3-9H,10H2,1-2H3,(H,16,18)/b17-11-. The lowest BCUT2D eigenvalue weighted by molar-refractivity contribution is -0.120.